The van der Waals surface area contributed by atoms with Gasteiger partial charge in [-0.25, -0.2) is 0 Å². The van der Waals surface area contributed by atoms with Crippen molar-refractivity contribution in [3.05, 3.63) is 12.4 Å². The number of hydrogen-bond donors (Lipinski definition) is 1. The second-order valence-corrected chi connectivity index (χ2v) is 5.57. The van der Waals surface area contributed by atoms with Crippen LogP contribution >= 0.6 is 0 Å². The highest BCUT2D eigenvalue weighted by Crippen LogP contribution is 2.28. The molecule has 0 unspecified atom stereocenters. The van der Waals surface area contributed by atoms with E-state index in [0.717, 1.165) is 5.92 Å². The molecule has 1 aliphatic carbocycles. The minimum atomic E-state index is 0.446. The summed E-state index contributed by atoms with van der Waals surface area (Å²) in [7, 11) is 0. The molecular formula is C14H25N3. The molecule has 0 radical (unpaired) electrons. The van der Waals surface area contributed by atoms with Gasteiger partial charge in [-0.3, -0.25) is 4.68 Å². The topological polar surface area (TPSA) is 29.9 Å². The molecule has 0 saturated heterocycles. The Morgan fingerprint density at radius 3 is 2.59 bits per heavy atom. The standard InChI is InChI=1S/C14H25N3/c1-4-12-5-7-13(8-6-12)16-14-9-15-17(10-14)11(2)3/h9-13,16H,4-8H2,1-3H3. The Morgan fingerprint density at radius 1 is 1.35 bits per heavy atom. The molecule has 1 aromatic rings. The highest BCUT2D eigenvalue weighted by Gasteiger charge is 2.19. The molecule has 1 aromatic heterocycles. The van der Waals surface area contributed by atoms with E-state index in [1.54, 1.807) is 0 Å². The van der Waals surface area contributed by atoms with E-state index in [2.05, 4.69) is 37.4 Å². The molecule has 0 atom stereocenters. The molecule has 3 heteroatoms. The van der Waals surface area contributed by atoms with Gasteiger partial charge in [0.05, 0.1) is 11.9 Å². The third kappa shape index (κ3) is 3.24. The van der Waals surface area contributed by atoms with Crippen LogP contribution in [0.3, 0.4) is 0 Å². The van der Waals surface area contributed by atoms with Crippen molar-refractivity contribution in [3.63, 3.8) is 0 Å². The third-order valence-corrected chi connectivity index (χ3v) is 3.93. The zero-order chi connectivity index (χ0) is 12.3. The van der Waals surface area contributed by atoms with Gasteiger partial charge in [0, 0.05) is 18.3 Å². The molecule has 1 saturated carbocycles. The SMILES string of the molecule is CCC1CCC(Nc2cnn(C(C)C)c2)CC1. The van der Waals surface area contributed by atoms with E-state index in [1.807, 2.05) is 10.9 Å². The maximum absolute atomic E-state index is 4.37. The predicted molar refractivity (Wildman–Crippen MR) is 72.3 cm³/mol. The summed E-state index contributed by atoms with van der Waals surface area (Å²) < 4.78 is 2.01. The van der Waals surface area contributed by atoms with Crippen molar-refractivity contribution in [3.8, 4) is 0 Å². The summed E-state index contributed by atoms with van der Waals surface area (Å²) in [4.78, 5) is 0. The van der Waals surface area contributed by atoms with Crippen molar-refractivity contribution in [1.82, 2.24) is 9.78 Å². The molecule has 3 nitrogen and oxygen atoms in total. The summed E-state index contributed by atoms with van der Waals surface area (Å²) in [6.45, 7) is 6.62. The lowest BCUT2D eigenvalue weighted by Crippen LogP contribution is -2.25. The minimum Gasteiger partial charge on any atom is -0.380 e. The Bertz CT molecular complexity index is 335. The summed E-state index contributed by atoms with van der Waals surface area (Å²) in [6, 6.07) is 1.10. The van der Waals surface area contributed by atoms with Gasteiger partial charge < -0.3 is 5.32 Å². The number of anilines is 1. The number of aromatic nitrogens is 2. The predicted octanol–water partition coefficient (Wildman–Crippen LogP) is 3.84. The first-order valence-electron chi connectivity index (χ1n) is 6.99. The Balaban J connectivity index is 1.84. The number of rotatable bonds is 4. The second-order valence-electron chi connectivity index (χ2n) is 5.57. The van der Waals surface area contributed by atoms with E-state index in [9.17, 15) is 0 Å². The zero-order valence-corrected chi connectivity index (χ0v) is 11.3. The van der Waals surface area contributed by atoms with Crippen LogP contribution in [0.1, 0.15) is 58.9 Å². The monoisotopic (exact) mass is 235 g/mol. The van der Waals surface area contributed by atoms with Crippen LogP contribution in [0.4, 0.5) is 5.69 Å². The fraction of sp³-hybridized carbons (Fsp3) is 0.786. The lowest BCUT2D eigenvalue weighted by Gasteiger charge is -2.28. The minimum absolute atomic E-state index is 0.446. The van der Waals surface area contributed by atoms with Gasteiger partial charge in [0.25, 0.3) is 0 Å². The van der Waals surface area contributed by atoms with Crippen LogP contribution in [0.25, 0.3) is 0 Å². The lowest BCUT2D eigenvalue weighted by molar-refractivity contribution is 0.330. The van der Waals surface area contributed by atoms with E-state index in [1.165, 1.54) is 37.8 Å². The fourth-order valence-corrected chi connectivity index (χ4v) is 2.65. The van der Waals surface area contributed by atoms with E-state index in [0.29, 0.717) is 12.1 Å². The molecule has 0 spiro atoms. The molecule has 0 aliphatic heterocycles. The van der Waals surface area contributed by atoms with Crippen LogP contribution in [0.5, 0.6) is 0 Å². The fourth-order valence-electron chi connectivity index (χ4n) is 2.65. The first kappa shape index (κ1) is 12.5. The first-order chi connectivity index (χ1) is 8.19. The van der Waals surface area contributed by atoms with Gasteiger partial charge in [-0.15, -0.1) is 0 Å². The van der Waals surface area contributed by atoms with Crippen LogP contribution in [-0.2, 0) is 0 Å². The molecular weight excluding hydrogens is 210 g/mol. The van der Waals surface area contributed by atoms with Crippen molar-refractivity contribution in [2.24, 2.45) is 5.92 Å². The van der Waals surface area contributed by atoms with E-state index < -0.39 is 0 Å². The smallest absolute Gasteiger partial charge is 0.0728 e. The summed E-state index contributed by atoms with van der Waals surface area (Å²) in [5, 5.41) is 7.98. The Hall–Kier alpha value is -0.990. The maximum Gasteiger partial charge on any atom is 0.0728 e. The molecule has 0 amide bonds. The van der Waals surface area contributed by atoms with Gasteiger partial charge in [0.1, 0.15) is 0 Å². The van der Waals surface area contributed by atoms with Crippen LogP contribution in [0, 0.1) is 5.92 Å². The summed E-state index contributed by atoms with van der Waals surface area (Å²) in [5.74, 6) is 0.964. The quantitative estimate of drug-likeness (QED) is 0.859. The highest BCUT2D eigenvalue weighted by molar-refractivity contribution is 5.39. The first-order valence-corrected chi connectivity index (χ1v) is 6.99. The zero-order valence-electron chi connectivity index (χ0n) is 11.3. The molecule has 1 aliphatic rings. The van der Waals surface area contributed by atoms with Crippen molar-refractivity contribution in [2.45, 2.75) is 65.0 Å². The molecule has 17 heavy (non-hydrogen) atoms. The molecule has 2 rings (SSSR count). The van der Waals surface area contributed by atoms with Crippen LogP contribution in [0.2, 0.25) is 0 Å². The van der Waals surface area contributed by atoms with Gasteiger partial charge in [0.2, 0.25) is 0 Å². The molecule has 0 aromatic carbocycles. The Morgan fingerprint density at radius 2 is 2.06 bits per heavy atom. The van der Waals surface area contributed by atoms with E-state index in [-0.39, 0.29) is 0 Å². The van der Waals surface area contributed by atoms with Crippen LogP contribution < -0.4 is 5.32 Å². The number of hydrogen-bond acceptors (Lipinski definition) is 2. The van der Waals surface area contributed by atoms with Crippen LogP contribution in [0.15, 0.2) is 12.4 Å². The molecule has 1 fully saturated rings. The van der Waals surface area contributed by atoms with Gasteiger partial charge in [-0.2, -0.15) is 5.10 Å². The molecule has 1 N–H and O–H groups in total. The van der Waals surface area contributed by atoms with Gasteiger partial charge in [-0.05, 0) is 45.4 Å². The average Bonchev–Trinajstić information content (AvgIpc) is 2.79. The van der Waals surface area contributed by atoms with E-state index in [4.69, 9.17) is 0 Å². The number of nitrogens with zero attached hydrogens (tertiary/aromatic N) is 2. The van der Waals surface area contributed by atoms with Gasteiger partial charge in [0.15, 0.2) is 0 Å². The normalized spacial score (nSPS) is 25.2. The lowest BCUT2D eigenvalue weighted by atomic mass is 9.84. The Labute approximate surface area is 105 Å². The van der Waals surface area contributed by atoms with Crippen molar-refractivity contribution < 1.29 is 0 Å². The largest absolute Gasteiger partial charge is 0.380 e. The van der Waals surface area contributed by atoms with Crippen LogP contribution in [-0.4, -0.2) is 15.8 Å². The Kier molecular flexibility index (Phi) is 4.08. The van der Waals surface area contributed by atoms with Gasteiger partial charge in [-0.1, -0.05) is 13.3 Å². The van der Waals surface area contributed by atoms with Crippen molar-refractivity contribution >= 4 is 5.69 Å². The summed E-state index contributed by atoms with van der Waals surface area (Å²) >= 11 is 0. The van der Waals surface area contributed by atoms with E-state index >= 15 is 0 Å². The highest BCUT2D eigenvalue weighted by atomic mass is 15.3. The summed E-state index contributed by atoms with van der Waals surface area (Å²) in [6.07, 6.45) is 10.8. The average molecular weight is 235 g/mol. The second kappa shape index (κ2) is 5.56. The van der Waals surface area contributed by atoms with Crippen molar-refractivity contribution in [2.75, 3.05) is 5.32 Å². The summed E-state index contributed by atoms with van der Waals surface area (Å²) in [5.41, 5.74) is 1.18. The third-order valence-electron chi connectivity index (χ3n) is 3.93. The van der Waals surface area contributed by atoms with Gasteiger partial charge >= 0.3 is 0 Å². The number of nitrogens with one attached hydrogen (secondary N) is 1. The molecule has 1 heterocycles. The molecule has 0 bridgehead atoms. The van der Waals surface area contributed by atoms with Crippen molar-refractivity contribution in [1.29, 1.82) is 0 Å². The maximum atomic E-state index is 4.37. The molecule has 96 valence electrons.